The maximum absolute atomic E-state index is 13.7. The van der Waals surface area contributed by atoms with Crippen LogP contribution in [0.25, 0.3) is 10.4 Å². The molecule has 1 amide bonds. The van der Waals surface area contributed by atoms with E-state index in [2.05, 4.69) is 4.74 Å². The zero-order chi connectivity index (χ0) is 23.6. The van der Waals surface area contributed by atoms with Crippen LogP contribution < -0.4 is 0 Å². The third-order valence-electron chi connectivity index (χ3n) is 5.02. The molecule has 2 aromatic carbocycles. The molecule has 172 valence electrons. The predicted molar refractivity (Wildman–Crippen MR) is 130 cm³/mol. The van der Waals surface area contributed by atoms with Gasteiger partial charge in [0.25, 0.3) is 5.91 Å². The van der Waals surface area contributed by atoms with Crippen LogP contribution in [0.1, 0.15) is 34.1 Å². The second-order valence-corrected chi connectivity index (χ2v) is 8.72. The Morgan fingerprint density at radius 3 is 2.45 bits per heavy atom. The summed E-state index contributed by atoms with van der Waals surface area (Å²) in [5.74, 6) is 0.0355. The first-order valence-corrected chi connectivity index (χ1v) is 11.6. The first-order valence-electron chi connectivity index (χ1n) is 10.7. The molecule has 0 atom stereocenters. The summed E-state index contributed by atoms with van der Waals surface area (Å²) in [5.41, 5.74) is 2.58. The topological polar surface area (TPSA) is 29.5 Å². The second-order valence-electron chi connectivity index (χ2n) is 7.43. The number of benzene rings is 2. The third-order valence-corrected chi connectivity index (χ3v) is 6.06. The first kappa shape index (κ1) is 24.4. The van der Waals surface area contributed by atoms with E-state index < -0.39 is 6.61 Å². The summed E-state index contributed by atoms with van der Waals surface area (Å²) < 4.78 is 29.4. The van der Waals surface area contributed by atoms with Gasteiger partial charge in [-0.25, -0.2) is 0 Å². The van der Waals surface area contributed by atoms with E-state index in [9.17, 15) is 13.6 Å². The van der Waals surface area contributed by atoms with Crippen molar-refractivity contribution in [1.82, 2.24) is 4.90 Å². The van der Waals surface area contributed by atoms with Gasteiger partial charge in [0.2, 0.25) is 0 Å². The fraction of sp³-hybridized carbons (Fsp3) is 0.222. The summed E-state index contributed by atoms with van der Waals surface area (Å²) in [6, 6.07) is 21.5. The fourth-order valence-electron chi connectivity index (χ4n) is 3.43. The van der Waals surface area contributed by atoms with E-state index in [-0.39, 0.29) is 11.7 Å². The minimum Gasteiger partial charge on any atom is -0.435 e. The lowest BCUT2D eigenvalue weighted by Crippen LogP contribution is -2.31. The summed E-state index contributed by atoms with van der Waals surface area (Å²) in [6.07, 6.45) is 5.24. The van der Waals surface area contributed by atoms with E-state index >= 15 is 0 Å². The van der Waals surface area contributed by atoms with Crippen molar-refractivity contribution in [3.05, 3.63) is 107 Å². The number of hydrogen-bond donors (Lipinski definition) is 0. The highest BCUT2D eigenvalue weighted by Crippen LogP contribution is 2.31. The SMILES string of the molecule is C/C=C(\C=C/CCN(Cc1ccccc1)C(=O)c1ccccc1-c1ccc(C)s1)OC(F)F. The van der Waals surface area contributed by atoms with Crippen molar-refractivity contribution in [3.8, 4) is 10.4 Å². The van der Waals surface area contributed by atoms with Crippen LogP contribution in [-0.4, -0.2) is 24.0 Å². The van der Waals surface area contributed by atoms with Gasteiger partial charge >= 0.3 is 6.61 Å². The molecule has 3 aromatic rings. The fourth-order valence-corrected chi connectivity index (χ4v) is 4.33. The summed E-state index contributed by atoms with van der Waals surface area (Å²) in [7, 11) is 0. The molecule has 0 bridgehead atoms. The molecule has 3 rings (SSSR count). The Morgan fingerprint density at radius 1 is 1.06 bits per heavy atom. The predicted octanol–water partition coefficient (Wildman–Crippen LogP) is 7.46. The lowest BCUT2D eigenvalue weighted by Gasteiger charge is -2.23. The van der Waals surface area contributed by atoms with E-state index in [1.165, 1.54) is 17.0 Å². The summed E-state index contributed by atoms with van der Waals surface area (Å²) in [5, 5.41) is 0. The number of halogens is 2. The smallest absolute Gasteiger partial charge is 0.387 e. The molecule has 6 heteroatoms. The average Bonchev–Trinajstić information content (AvgIpc) is 3.26. The molecular weight excluding hydrogens is 440 g/mol. The monoisotopic (exact) mass is 467 g/mol. The molecule has 0 spiro atoms. The number of aryl methyl sites for hydroxylation is 1. The Balaban J connectivity index is 1.82. The van der Waals surface area contributed by atoms with E-state index in [0.717, 1.165) is 16.0 Å². The van der Waals surface area contributed by atoms with Gasteiger partial charge in [0, 0.05) is 34.0 Å². The Kier molecular flexibility index (Phi) is 8.95. The normalized spacial score (nSPS) is 11.8. The molecule has 0 unspecified atom stereocenters. The lowest BCUT2D eigenvalue weighted by molar-refractivity contribution is -0.0921. The average molecular weight is 468 g/mol. The van der Waals surface area contributed by atoms with Gasteiger partial charge in [-0.3, -0.25) is 4.79 Å². The number of amides is 1. The number of thiophene rings is 1. The molecule has 0 saturated heterocycles. The van der Waals surface area contributed by atoms with Crippen molar-refractivity contribution in [2.24, 2.45) is 0 Å². The molecule has 1 heterocycles. The van der Waals surface area contributed by atoms with E-state index in [4.69, 9.17) is 0 Å². The highest BCUT2D eigenvalue weighted by Gasteiger charge is 2.20. The molecule has 0 fully saturated rings. The maximum atomic E-state index is 13.7. The molecule has 0 radical (unpaired) electrons. The number of carbonyl (C=O) groups excluding carboxylic acids is 1. The number of rotatable bonds is 10. The van der Waals surface area contributed by atoms with Crippen LogP contribution in [0.15, 0.2) is 90.7 Å². The Morgan fingerprint density at radius 2 is 1.79 bits per heavy atom. The third kappa shape index (κ3) is 7.12. The zero-order valence-electron chi connectivity index (χ0n) is 18.7. The van der Waals surface area contributed by atoms with Crippen molar-refractivity contribution in [2.75, 3.05) is 6.54 Å². The minimum absolute atomic E-state index is 0.0657. The molecule has 0 N–H and O–H groups in total. The van der Waals surface area contributed by atoms with E-state index in [1.807, 2.05) is 73.7 Å². The molecule has 3 nitrogen and oxygen atoms in total. The van der Waals surface area contributed by atoms with Gasteiger partial charge in [-0.15, -0.1) is 11.3 Å². The van der Waals surface area contributed by atoms with Crippen molar-refractivity contribution in [3.63, 3.8) is 0 Å². The van der Waals surface area contributed by atoms with Gasteiger partial charge < -0.3 is 9.64 Å². The quantitative estimate of drug-likeness (QED) is 0.229. The Bertz CT molecular complexity index is 1110. The Labute approximate surface area is 197 Å². The number of carbonyl (C=O) groups is 1. The van der Waals surface area contributed by atoms with Crippen LogP contribution in [0, 0.1) is 6.92 Å². The van der Waals surface area contributed by atoms with E-state index in [0.29, 0.717) is 25.1 Å². The van der Waals surface area contributed by atoms with Crippen LogP contribution in [0.3, 0.4) is 0 Å². The molecular formula is C27H27F2NO2S. The first-order chi connectivity index (χ1) is 16.0. The highest BCUT2D eigenvalue weighted by molar-refractivity contribution is 7.15. The summed E-state index contributed by atoms with van der Waals surface area (Å²) in [4.78, 5) is 17.7. The number of nitrogens with zero attached hydrogens (tertiary/aromatic N) is 1. The zero-order valence-corrected chi connectivity index (χ0v) is 19.5. The van der Waals surface area contributed by atoms with Crippen LogP contribution in [0.2, 0.25) is 0 Å². The van der Waals surface area contributed by atoms with Crippen LogP contribution in [0.5, 0.6) is 0 Å². The summed E-state index contributed by atoms with van der Waals surface area (Å²) in [6.45, 7) is 1.71. The number of ether oxygens (including phenoxy) is 1. The summed E-state index contributed by atoms with van der Waals surface area (Å²) >= 11 is 1.66. The molecule has 0 saturated carbocycles. The minimum atomic E-state index is -2.87. The number of hydrogen-bond acceptors (Lipinski definition) is 3. The lowest BCUT2D eigenvalue weighted by atomic mass is 10.0. The van der Waals surface area contributed by atoms with Gasteiger partial charge in [-0.2, -0.15) is 8.78 Å². The molecule has 0 aliphatic heterocycles. The maximum Gasteiger partial charge on any atom is 0.387 e. The van der Waals surface area contributed by atoms with Crippen LogP contribution in [0.4, 0.5) is 8.78 Å². The molecule has 33 heavy (non-hydrogen) atoms. The molecule has 0 aliphatic rings. The van der Waals surface area contributed by atoms with Gasteiger partial charge in [-0.05, 0) is 56.2 Å². The van der Waals surface area contributed by atoms with E-state index in [1.54, 1.807) is 29.2 Å². The Hall–Kier alpha value is -3.25. The standard InChI is InChI=1S/C27H27F2NO2S/c1-3-22(32-27(28)29)13-9-10-18-30(19-21-11-5-4-6-12-21)26(31)24-15-8-7-14-23(24)25-17-16-20(2)33-25/h3-9,11-17,27H,10,18-19H2,1-2H3/b13-9-,22-3+. The van der Waals surface area contributed by atoms with Gasteiger partial charge in [-0.1, -0.05) is 54.6 Å². The van der Waals surface area contributed by atoms with Crippen molar-refractivity contribution in [1.29, 1.82) is 0 Å². The van der Waals surface area contributed by atoms with Crippen molar-refractivity contribution >= 4 is 17.2 Å². The van der Waals surface area contributed by atoms with Crippen LogP contribution in [-0.2, 0) is 11.3 Å². The van der Waals surface area contributed by atoms with Crippen molar-refractivity contribution < 1.29 is 18.3 Å². The molecule has 0 aliphatic carbocycles. The molecule has 1 aromatic heterocycles. The van der Waals surface area contributed by atoms with Crippen LogP contribution >= 0.6 is 11.3 Å². The highest BCUT2D eigenvalue weighted by atomic mass is 32.1. The second kappa shape index (κ2) is 12.1. The van der Waals surface area contributed by atoms with Gasteiger partial charge in [0.15, 0.2) is 0 Å². The van der Waals surface area contributed by atoms with Gasteiger partial charge in [0.1, 0.15) is 5.76 Å². The van der Waals surface area contributed by atoms with Crippen molar-refractivity contribution in [2.45, 2.75) is 33.4 Å². The number of alkyl halides is 2. The number of allylic oxidation sites excluding steroid dienone is 2. The largest absolute Gasteiger partial charge is 0.435 e. The van der Waals surface area contributed by atoms with Gasteiger partial charge in [0.05, 0.1) is 0 Å².